The summed E-state index contributed by atoms with van der Waals surface area (Å²) in [7, 11) is 3.61. The summed E-state index contributed by atoms with van der Waals surface area (Å²) in [5.41, 5.74) is 5.44. The molecule has 0 saturated heterocycles. The van der Waals surface area contributed by atoms with Crippen LogP contribution in [0.1, 0.15) is 52.9 Å². The molecule has 3 rings (SSSR count). The number of benzene rings is 2. The molecule has 4 heteroatoms. The third-order valence-corrected chi connectivity index (χ3v) is 5.76. The van der Waals surface area contributed by atoms with Crippen molar-refractivity contribution in [2.75, 3.05) is 14.1 Å². The zero-order valence-corrected chi connectivity index (χ0v) is 17.0. The minimum atomic E-state index is 0.0171. The smallest absolute Gasteiger partial charge is 0.253 e. The Morgan fingerprint density at radius 1 is 1.19 bits per heavy atom. The molecule has 1 aliphatic heterocycles. The SMILES string of the molecule is Cc1cc(CCC(C)(C)N2Cc3cccc(C(=O)N(C)C)c3C2)ccc1O. The maximum absolute atomic E-state index is 12.5. The maximum atomic E-state index is 12.5. The molecule has 0 radical (unpaired) electrons. The van der Waals surface area contributed by atoms with Gasteiger partial charge >= 0.3 is 0 Å². The first kappa shape index (κ1) is 19.4. The van der Waals surface area contributed by atoms with Gasteiger partial charge in [-0.05, 0) is 68.0 Å². The van der Waals surface area contributed by atoms with E-state index in [9.17, 15) is 9.90 Å². The van der Waals surface area contributed by atoms with E-state index in [1.165, 1.54) is 16.7 Å². The van der Waals surface area contributed by atoms with E-state index in [1.54, 1.807) is 25.1 Å². The quantitative estimate of drug-likeness (QED) is 0.865. The van der Waals surface area contributed by atoms with E-state index in [-0.39, 0.29) is 11.4 Å². The molecule has 2 aromatic carbocycles. The molecule has 4 nitrogen and oxygen atoms in total. The Kier molecular flexibility index (Phi) is 5.29. The molecule has 1 amide bonds. The van der Waals surface area contributed by atoms with Crippen molar-refractivity contribution in [1.82, 2.24) is 9.80 Å². The normalized spacial score (nSPS) is 14.3. The molecule has 0 aliphatic carbocycles. The molecular weight excluding hydrogens is 336 g/mol. The van der Waals surface area contributed by atoms with Gasteiger partial charge in [0.05, 0.1) is 0 Å². The molecule has 0 saturated carbocycles. The Balaban J connectivity index is 1.73. The van der Waals surface area contributed by atoms with Crippen molar-refractivity contribution >= 4 is 5.91 Å². The lowest BCUT2D eigenvalue weighted by Crippen LogP contribution is -2.40. The van der Waals surface area contributed by atoms with Gasteiger partial charge in [-0.25, -0.2) is 0 Å². The third kappa shape index (κ3) is 4.01. The predicted molar refractivity (Wildman–Crippen MR) is 109 cm³/mol. The van der Waals surface area contributed by atoms with Crippen molar-refractivity contribution in [1.29, 1.82) is 0 Å². The van der Waals surface area contributed by atoms with Crippen LogP contribution >= 0.6 is 0 Å². The summed E-state index contributed by atoms with van der Waals surface area (Å²) in [5, 5.41) is 9.72. The highest BCUT2D eigenvalue weighted by atomic mass is 16.3. The van der Waals surface area contributed by atoms with Gasteiger partial charge in [0.1, 0.15) is 5.75 Å². The number of phenolic OH excluding ortho intramolecular Hbond substituents is 1. The molecular formula is C23H30N2O2. The first-order chi connectivity index (χ1) is 12.7. The molecule has 1 heterocycles. The average molecular weight is 367 g/mol. The lowest BCUT2D eigenvalue weighted by atomic mass is 9.93. The fourth-order valence-electron chi connectivity index (χ4n) is 3.77. The second kappa shape index (κ2) is 7.35. The summed E-state index contributed by atoms with van der Waals surface area (Å²) in [4.78, 5) is 16.6. The molecule has 144 valence electrons. The summed E-state index contributed by atoms with van der Waals surface area (Å²) < 4.78 is 0. The van der Waals surface area contributed by atoms with Gasteiger partial charge in [0, 0.05) is 38.3 Å². The Bertz CT molecular complexity index is 855. The number of fused-ring (bicyclic) bond motifs is 1. The van der Waals surface area contributed by atoms with Crippen LogP contribution in [0, 0.1) is 6.92 Å². The second-order valence-corrected chi connectivity index (χ2v) is 8.43. The second-order valence-electron chi connectivity index (χ2n) is 8.43. The summed E-state index contributed by atoms with van der Waals surface area (Å²) in [6, 6.07) is 11.9. The maximum Gasteiger partial charge on any atom is 0.253 e. The highest BCUT2D eigenvalue weighted by molar-refractivity contribution is 5.95. The molecule has 0 spiro atoms. The van der Waals surface area contributed by atoms with E-state index >= 15 is 0 Å². The van der Waals surface area contributed by atoms with E-state index in [4.69, 9.17) is 0 Å². The van der Waals surface area contributed by atoms with Crippen LogP contribution in [0.3, 0.4) is 0 Å². The number of amides is 1. The fraction of sp³-hybridized carbons (Fsp3) is 0.435. The number of rotatable bonds is 5. The summed E-state index contributed by atoms with van der Waals surface area (Å²) in [6.45, 7) is 8.18. The van der Waals surface area contributed by atoms with E-state index in [2.05, 4.69) is 30.9 Å². The van der Waals surface area contributed by atoms with Crippen LogP contribution in [-0.4, -0.2) is 40.4 Å². The molecule has 27 heavy (non-hydrogen) atoms. The van der Waals surface area contributed by atoms with Crippen molar-refractivity contribution in [3.63, 3.8) is 0 Å². The number of hydrogen-bond acceptors (Lipinski definition) is 3. The molecule has 0 bridgehead atoms. The molecule has 1 aliphatic rings. The van der Waals surface area contributed by atoms with Gasteiger partial charge in [-0.15, -0.1) is 0 Å². The van der Waals surface area contributed by atoms with E-state index in [0.29, 0.717) is 5.75 Å². The Morgan fingerprint density at radius 2 is 1.93 bits per heavy atom. The van der Waals surface area contributed by atoms with Crippen LogP contribution < -0.4 is 0 Å². The highest BCUT2D eigenvalue weighted by Crippen LogP contribution is 2.34. The summed E-state index contributed by atoms with van der Waals surface area (Å²) in [5.74, 6) is 0.428. The minimum absolute atomic E-state index is 0.0171. The minimum Gasteiger partial charge on any atom is -0.508 e. The number of phenols is 1. The standard InChI is InChI=1S/C23H30N2O2/c1-16-13-17(9-10-21(16)26)11-12-23(2,3)25-14-18-7-6-8-19(20(18)15-25)22(27)24(4)5/h6-10,13,26H,11-12,14-15H2,1-5H3. The molecule has 0 aromatic heterocycles. The van der Waals surface area contributed by atoms with Crippen LogP contribution in [0.4, 0.5) is 0 Å². The van der Waals surface area contributed by atoms with Crippen LogP contribution in [0.15, 0.2) is 36.4 Å². The molecule has 0 atom stereocenters. The number of aromatic hydroxyl groups is 1. The number of nitrogens with zero attached hydrogens (tertiary/aromatic N) is 2. The van der Waals surface area contributed by atoms with Gasteiger partial charge in [0.15, 0.2) is 0 Å². The van der Waals surface area contributed by atoms with Crippen LogP contribution in [0.2, 0.25) is 0 Å². The topological polar surface area (TPSA) is 43.8 Å². The number of aryl methyl sites for hydroxylation is 2. The Morgan fingerprint density at radius 3 is 2.59 bits per heavy atom. The van der Waals surface area contributed by atoms with Gasteiger partial charge in [-0.2, -0.15) is 0 Å². The lowest BCUT2D eigenvalue weighted by Gasteiger charge is -2.35. The Hall–Kier alpha value is -2.33. The summed E-state index contributed by atoms with van der Waals surface area (Å²) in [6.07, 6.45) is 1.98. The van der Waals surface area contributed by atoms with Crippen molar-refractivity contribution in [3.8, 4) is 5.75 Å². The molecule has 0 fully saturated rings. The van der Waals surface area contributed by atoms with E-state index < -0.39 is 0 Å². The first-order valence-corrected chi connectivity index (χ1v) is 9.55. The summed E-state index contributed by atoms with van der Waals surface area (Å²) >= 11 is 0. The van der Waals surface area contributed by atoms with Gasteiger partial charge in [0.2, 0.25) is 0 Å². The van der Waals surface area contributed by atoms with Crippen LogP contribution in [0.5, 0.6) is 5.75 Å². The zero-order chi connectivity index (χ0) is 19.8. The van der Waals surface area contributed by atoms with Crippen molar-refractivity contribution in [3.05, 3.63) is 64.2 Å². The first-order valence-electron chi connectivity index (χ1n) is 9.55. The molecule has 2 aromatic rings. The molecule has 1 N–H and O–H groups in total. The average Bonchev–Trinajstić information content (AvgIpc) is 3.07. The fourth-order valence-corrected chi connectivity index (χ4v) is 3.77. The van der Waals surface area contributed by atoms with Gasteiger partial charge in [-0.3, -0.25) is 9.69 Å². The number of carbonyl (C=O) groups excluding carboxylic acids is 1. The molecule has 0 unspecified atom stereocenters. The van der Waals surface area contributed by atoms with E-state index in [0.717, 1.165) is 37.1 Å². The zero-order valence-electron chi connectivity index (χ0n) is 17.0. The van der Waals surface area contributed by atoms with Crippen LogP contribution in [0.25, 0.3) is 0 Å². The van der Waals surface area contributed by atoms with E-state index in [1.807, 2.05) is 25.1 Å². The largest absolute Gasteiger partial charge is 0.508 e. The van der Waals surface area contributed by atoms with Crippen molar-refractivity contribution in [2.45, 2.75) is 52.2 Å². The monoisotopic (exact) mass is 366 g/mol. The highest BCUT2D eigenvalue weighted by Gasteiger charge is 2.33. The Labute approximate surface area is 162 Å². The van der Waals surface area contributed by atoms with Crippen molar-refractivity contribution in [2.24, 2.45) is 0 Å². The predicted octanol–water partition coefficient (Wildman–Crippen LogP) is 4.13. The third-order valence-electron chi connectivity index (χ3n) is 5.76. The number of hydrogen-bond donors (Lipinski definition) is 1. The van der Waals surface area contributed by atoms with Gasteiger partial charge in [-0.1, -0.05) is 24.3 Å². The van der Waals surface area contributed by atoms with Crippen molar-refractivity contribution < 1.29 is 9.90 Å². The van der Waals surface area contributed by atoms with Crippen LogP contribution in [-0.2, 0) is 19.5 Å². The van der Waals surface area contributed by atoms with Gasteiger partial charge in [0.25, 0.3) is 5.91 Å². The number of carbonyl (C=O) groups is 1. The van der Waals surface area contributed by atoms with Gasteiger partial charge < -0.3 is 10.0 Å². The lowest BCUT2D eigenvalue weighted by molar-refractivity contribution is 0.0822.